The van der Waals surface area contributed by atoms with Gasteiger partial charge in [-0.3, -0.25) is 42.8 Å². The smallest absolute Gasteiger partial charge is 0.387 e. The summed E-state index contributed by atoms with van der Waals surface area (Å²) in [7, 11) is 5.04. The Labute approximate surface area is 602 Å². The number of fused-ring (bicyclic) bond motifs is 3. The van der Waals surface area contributed by atoms with Crippen LogP contribution in [-0.4, -0.2) is 184 Å². The molecule has 3 N–H and O–H groups in total. The van der Waals surface area contributed by atoms with Crippen LogP contribution in [0.15, 0.2) is 147 Å². The third-order valence-electron chi connectivity index (χ3n) is 16.9. The fourth-order valence-electron chi connectivity index (χ4n) is 11.9. The molecule has 3 aromatic carbocycles. The Bertz CT molecular complexity index is 4830. The Morgan fingerprint density at radius 2 is 0.724 bits per heavy atom. The first-order valence-electron chi connectivity index (χ1n) is 31.5. The van der Waals surface area contributed by atoms with Gasteiger partial charge in [-0.1, -0.05) is 34.8 Å². The van der Waals surface area contributed by atoms with Gasteiger partial charge in [0.05, 0.1) is 54.2 Å². The number of ether oxygens (including phenoxy) is 3. The number of hydrogen-bond donors (Lipinski definition) is 3. The first kappa shape index (κ1) is 71.2. The molecule has 0 spiro atoms. The van der Waals surface area contributed by atoms with Gasteiger partial charge in [0, 0.05) is 110 Å². The van der Waals surface area contributed by atoms with E-state index in [2.05, 4.69) is 75.7 Å². The number of hydrogen-bond acceptors (Lipinski definition) is 18. The predicted molar refractivity (Wildman–Crippen MR) is 365 cm³/mol. The van der Waals surface area contributed by atoms with Crippen LogP contribution in [0.25, 0.3) is 50.7 Å². The second kappa shape index (κ2) is 30.0. The molecule has 3 aliphatic heterocycles. The molecule has 0 radical (unpaired) electrons. The summed E-state index contributed by atoms with van der Waals surface area (Å²) in [5.41, 5.74) is 2.81. The number of nitrogens with one attached hydrogen (secondary N) is 3. The van der Waals surface area contributed by atoms with E-state index < -0.39 is 55.7 Å². The van der Waals surface area contributed by atoms with Crippen molar-refractivity contribution in [2.24, 2.45) is 0 Å². The minimum absolute atomic E-state index is 0.114. The maximum absolute atomic E-state index is 13.2. The van der Waals surface area contributed by atoms with Crippen LogP contribution < -0.4 is 30.2 Å². The van der Waals surface area contributed by atoms with Gasteiger partial charge in [0.1, 0.15) is 69.1 Å². The molecule has 1 unspecified atom stereocenters. The zero-order valence-electron chi connectivity index (χ0n) is 54.7. The zero-order valence-corrected chi connectivity index (χ0v) is 57.0. The summed E-state index contributed by atoms with van der Waals surface area (Å²) in [5.74, 6) is -2.65. The number of aromatic nitrogens is 15. The third-order valence-corrected chi connectivity index (χ3v) is 17.6. The van der Waals surface area contributed by atoms with E-state index in [1.807, 2.05) is 0 Å². The maximum Gasteiger partial charge on any atom is 0.387 e. The van der Waals surface area contributed by atoms with Crippen molar-refractivity contribution in [3.05, 3.63) is 179 Å². The molecule has 39 heteroatoms. The van der Waals surface area contributed by atoms with Crippen molar-refractivity contribution in [3.63, 3.8) is 0 Å². The summed E-state index contributed by atoms with van der Waals surface area (Å²) < 4.78 is 101. The number of rotatable bonds is 18. The summed E-state index contributed by atoms with van der Waals surface area (Å²) in [5, 5.41) is 34.8. The minimum atomic E-state index is -3.09. The highest BCUT2D eigenvalue weighted by Gasteiger charge is 2.37. The lowest BCUT2D eigenvalue weighted by atomic mass is 10.1. The summed E-state index contributed by atoms with van der Waals surface area (Å²) >= 11 is 18.4. The quantitative estimate of drug-likeness (QED) is 0.0672. The molecule has 540 valence electrons. The average Bonchev–Trinajstić information content (AvgIpc) is 1.67. The van der Waals surface area contributed by atoms with Gasteiger partial charge >= 0.3 is 19.8 Å². The van der Waals surface area contributed by atoms with Crippen molar-refractivity contribution >= 4 is 104 Å². The maximum atomic E-state index is 13.2. The Hall–Kier alpha value is -12.2. The van der Waals surface area contributed by atoms with Crippen LogP contribution in [0, 0.1) is 0 Å². The van der Waals surface area contributed by atoms with E-state index in [-0.39, 0.29) is 118 Å². The molecule has 6 amide bonds. The number of carbonyl (C=O) groups excluding carboxylic acids is 6. The van der Waals surface area contributed by atoms with E-state index >= 15 is 0 Å². The summed E-state index contributed by atoms with van der Waals surface area (Å²) in [6.45, 7) is -7.68. The number of halogens is 9. The Morgan fingerprint density at radius 3 is 0.971 bits per heavy atom. The number of likely N-dealkylation sites (N-methyl/N-ethyl adjacent to an activating group) is 3. The van der Waals surface area contributed by atoms with Gasteiger partial charge in [0.2, 0.25) is 17.7 Å². The molecule has 3 aliphatic rings. The molecule has 30 nitrogen and oxygen atoms in total. The molecular formula is C66H54Cl3F6N21O9. The SMILES string of the molecule is CN1CCC(n2cc(NC(=O)c3cnn4cccnc34)c(-c3cc(Cl)ccc3OC(F)F)n2)C1=O.CN1CC[C@@H](n2cc(NC(=O)c3cnn4cccnc34)c(-c3cc(Cl)ccc3OC(F)F)n2)C1=O.CN1CC[C@H](n2cc(NC(=O)c3cnn4cccnc34)c(-c3cc(Cl)ccc3OC(F)F)n2)C1=O. The first-order valence-corrected chi connectivity index (χ1v) is 32.6. The number of nitrogens with zero attached hydrogens (tertiary/aromatic N) is 18. The highest BCUT2D eigenvalue weighted by Crippen LogP contribution is 2.42. The Kier molecular flexibility index (Phi) is 20.4. The Morgan fingerprint density at radius 1 is 0.448 bits per heavy atom. The van der Waals surface area contributed by atoms with E-state index in [0.717, 1.165) is 0 Å². The van der Waals surface area contributed by atoms with Crippen LogP contribution in [0.4, 0.5) is 43.4 Å². The largest absolute Gasteiger partial charge is 0.434 e. The standard InChI is InChI=1S/3C22H18ClF2N7O3/c3*1-30-8-5-16(21(30)34)32-11-15(28-20(33)14-10-27-31-7-2-6-26-19(14)31)18(29-32)13-9-12(23)3-4-17(13)35-22(24)25/h3*2-4,6-7,9-11,16,22H,5,8H2,1H3,(H,28,33)/t2*16-;/m10./s1. The normalized spacial score (nSPS) is 15.9. The molecule has 105 heavy (non-hydrogen) atoms. The number of likely N-dealkylation sites (tertiary alicyclic amines) is 3. The van der Waals surface area contributed by atoms with Crippen LogP contribution in [-0.2, 0) is 14.4 Å². The number of alkyl halides is 6. The average molecular weight is 1510 g/mol. The minimum Gasteiger partial charge on any atom is -0.434 e. The molecule has 12 heterocycles. The number of carbonyl (C=O) groups is 6. The molecule has 0 aliphatic carbocycles. The van der Waals surface area contributed by atoms with Gasteiger partial charge in [0.25, 0.3) is 17.7 Å². The lowest BCUT2D eigenvalue weighted by Gasteiger charge is -2.12. The number of anilines is 3. The van der Waals surface area contributed by atoms with Crippen LogP contribution >= 0.6 is 34.8 Å². The molecule has 0 bridgehead atoms. The van der Waals surface area contributed by atoms with Crippen LogP contribution in [0.3, 0.4) is 0 Å². The topological polar surface area (TPSA) is 320 Å². The van der Waals surface area contributed by atoms with Gasteiger partial charge in [-0.05, 0) is 92.1 Å². The third kappa shape index (κ3) is 15.1. The highest BCUT2D eigenvalue weighted by atomic mass is 35.5. The molecule has 9 aromatic heterocycles. The van der Waals surface area contributed by atoms with Gasteiger partial charge in [-0.25, -0.2) is 28.5 Å². The summed E-state index contributed by atoms with van der Waals surface area (Å²) in [6.07, 6.45) is 19.6. The molecule has 15 rings (SSSR count). The summed E-state index contributed by atoms with van der Waals surface area (Å²) in [4.78, 5) is 94.5. The predicted octanol–water partition coefficient (Wildman–Crippen LogP) is 10.5. The molecule has 3 atom stereocenters. The van der Waals surface area contributed by atoms with Crippen molar-refractivity contribution in [2.45, 2.75) is 57.2 Å². The second-order valence-corrected chi connectivity index (χ2v) is 24.9. The van der Waals surface area contributed by atoms with Crippen LogP contribution in [0.1, 0.15) is 68.5 Å². The van der Waals surface area contributed by atoms with E-state index in [0.29, 0.717) is 55.8 Å². The van der Waals surface area contributed by atoms with Gasteiger partial charge in [-0.15, -0.1) is 0 Å². The molecule has 3 saturated heterocycles. The number of amides is 6. The van der Waals surface area contributed by atoms with E-state index in [1.165, 1.54) is 138 Å². The second-order valence-electron chi connectivity index (χ2n) is 23.6. The molecule has 3 fully saturated rings. The summed E-state index contributed by atoms with van der Waals surface area (Å²) in [6, 6.07) is 15.5. The van der Waals surface area contributed by atoms with Crippen molar-refractivity contribution < 1.29 is 69.3 Å². The van der Waals surface area contributed by atoms with Gasteiger partial charge in [-0.2, -0.15) is 56.9 Å². The van der Waals surface area contributed by atoms with Crippen molar-refractivity contribution in [3.8, 4) is 51.0 Å². The van der Waals surface area contributed by atoms with Crippen molar-refractivity contribution in [1.29, 1.82) is 0 Å². The molecule has 12 aromatic rings. The van der Waals surface area contributed by atoms with Gasteiger partial charge < -0.3 is 44.9 Å². The van der Waals surface area contributed by atoms with E-state index in [1.54, 1.807) is 72.6 Å². The lowest BCUT2D eigenvalue weighted by Crippen LogP contribution is -2.24. The lowest BCUT2D eigenvalue weighted by molar-refractivity contribution is -0.130. The first-order chi connectivity index (χ1) is 50.4. The molecule has 0 saturated carbocycles. The monoisotopic (exact) mass is 1500 g/mol. The zero-order chi connectivity index (χ0) is 74.1. The highest BCUT2D eigenvalue weighted by molar-refractivity contribution is 6.31. The van der Waals surface area contributed by atoms with E-state index in [4.69, 9.17) is 34.8 Å². The molecular weight excluding hydrogens is 1450 g/mol. The van der Waals surface area contributed by atoms with E-state index in [9.17, 15) is 55.1 Å². The van der Waals surface area contributed by atoms with Crippen LogP contribution in [0.5, 0.6) is 17.2 Å². The number of benzene rings is 3. The van der Waals surface area contributed by atoms with Crippen molar-refractivity contribution in [1.82, 2.24) is 87.8 Å². The van der Waals surface area contributed by atoms with Crippen molar-refractivity contribution in [2.75, 3.05) is 56.7 Å². The van der Waals surface area contributed by atoms with Gasteiger partial charge in [0.15, 0.2) is 16.9 Å². The fourth-order valence-corrected chi connectivity index (χ4v) is 12.4. The Balaban J connectivity index is 0.000000140. The fraction of sp³-hybridized carbons (Fsp3) is 0.227. The van der Waals surface area contributed by atoms with Crippen LogP contribution in [0.2, 0.25) is 15.1 Å².